The second-order valence-electron chi connectivity index (χ2n) is 4.22. The van der Waals surface area contributed by atoms with Crippen molar-refractivity contribution in [3.05, 3.63) is 46.3 Å². The van der Waals surface area contributed by atoms with Crippen LogP contribution < -0.4 is 0 Å². The van der Waals surface area contributed by atoms with Crippen LogP contribution in [0.15, 0.2) is 18.2 Å². The van der Waals surface area contributed by atoms with Gasteiger partial charge in [-0.1, -0.05) is 26.0 Å². The van der Waals surface area contributed by atoms with Crippen LogP contribution >= 0.6 is 0 Å². The largest absolute Gasteiger partial charge is 0.312 e. The molecule has 17 heavy (non-hydrogen) atoms. The van der Waals surface area contributed by atoms with Crippen molar-refractivity contribution in [2.24, 2.45) is 0 Å². The molecule has 0 aromatic heterocycles. The van der Waals surface area contributed by atoms with Gasteiger partial charge in [0.2, 0.25) is 6.54 Å². The molecule has 2 nitrogen and oxygen atoms in total. The fraction of sp³-hybridized carbons (Fsp3) is 0.533. The van der Waals surface area contributed by atoms with E-state index in [4.69, 9.17) is 6.57 Å². The second-order valence-corrected chi connectivity index (χ2v) is 4.22. The van der Waals surface area contributed by atoms with E-state index >= 15 is 0 Å². The highest BCUT2D eigenvalue weighted by Gasteiger charge is 2.11. The van der Waals surface area contributed by atoms with E-state index in [0.29, 0.717) is 6.54 Å². The van der Waals surface area contributed by atoms with Crippen LogP contribution in [-0.2, 0) is 19.4 Å². The maximum Gasteiger partial charge on any atom is 0.239 e. The van der Waals surface area contributed by atoms with Crippen LogP contribution in [0.3, 0.4) is 0 Å². The van der Waals surface area contributed by atoms with Gasteiger partial charge >= 0.3 is 0 Å². The van der Waals surface area contributed by atoms with Gasteiger partial charge in [0.1, 0.15) is 0 Å². The van der Waals surface area contributed by atoms with Gasteiger partial charge in [-0.25, -0.2) is 6.57 Å². The van der Waals surface area contributed by atoms with Crippen LogP contribution in [0.2, 0.25) is 0 Å². The first-order valence-electron chi connectivity index (χ1n) is 6.42. The van der Waals surface area contributed by atoms with Gasteiger partial charge < -0.3 is 9.74 Å². The zero-order valence-electron chi connectivity index (χ0n) is 11.2. The fourth-order valence-electron chi connectivity index (χ4n) is 2.08. The van der Waals surface area contributed by atoms with Gasteiger partial charge in [-0.3, -0.25) is 0 Å². The van der Waals surface area contributed by atoms with Gasteiger partial charge in [0.25, 0.3) is 0 Å². The maximum atomic E-state index is 6.87. The van der Waals surface area contributed by atoms with Crippen LogP contribution in [0.1, 0.15) is 30.5 Å². The molecular weight excluding hydrogens is 208 g/mol. The molecule has 0 spiro atoms. The molecule has 0 amide bonds. The van der Waals surface area contributed by atoms with Crippen molar-refractivity contribution in [1.82, 2.24) is 4.90 Å². The van der Waals surface area contributed by atoms with Gasteiger partial charge in [0.05, 0.1) is 0 Å². The summed E-state index contributed by atoms with van der Waals surface area (Å²) in [6, 6.07) is 6.52. The smallest absolute Gasteiger partial charge is 0.239 e. The molecule has 1 aromatic rings. The zero-order chi connectivity index (χ0) is 12.7. The monoisotopic (exact) mass is 230 g/mol. The molecule has 2 heteroatoms. The highest BCUT2D eigenvalue weighted by atomic mass is 15.1. The average molecular weight is 230 g/mol. The van der Waals surface area contributed by atoms with E-state index in [-0.39, 0.29) is 0 Å². The Morgan fingerprint density at radius 1 is 1.18 bits per heavy atom. The first-order valence-corrected chi connectivity index (χ1v) is 6.42. The molecule has 0 aliphatic carbocycles. The molecule has 1 aromatic carbocycles. The Balaban J connectivity index is 0.000000686. The molecule has 0 atom stereocenters. The molecule has 0 fully saturated rings. The number of likely N-dealkylation sites (N-methyl/N-ethyl adjacent to an activating group) is 1. The standard InChI is InChI=1S/C13H16N2.C2H6/c1-14-10-11-3-4-12-5-7-15(2)8-6-13(12)9-11;1-2/h3-4,9H,5-8,10H2,2H3;1-2H3. The molecule has 0 saturated carbocycles. The lowest BCUT2D eigenvalue weighted by Crippen LogP contribution is -2.20. The number of hydrogen-bond acceptors (Lipinski definition) is 1. The van der Waals surface area contributed by atoms with Crippen molar-refractivity contribution < 1.29 is 0 Å². The summed E-state index contributed by atoms with van der Waals surface area (Å²) in [6.45, 7) is 13.7. The van der Waals surface area contributed by atoms with Crippen LogP contribution in [0.25, 0.3) is 4.85 Å². The molecule has 1 aliphatic rings. The van der Waals surface area contributed by atoms with Gasteiger partial charge in [-0.15, -0.1) is 0 Å². The minimum Gasteiger partial charge on any atom is -0.312 e. The molecule has 0 radical (unpaired) electrons. The number of benzene rings is 1. The summed E-state index contributed by atoms with van der Waals surface area (Å²) in [7, 11) is 2.17. The summed E-state index contributed by atoms with van der Waals surface area (Å²) in [5.74, 6) is 0. The Morgan fingerprint density at radius 3 is 2.47 bits per heavy atom. The Morgan fingerprint density at radius 2 is 1.82 bits per heavy atom. The molecule has 2 rings (SSSR count). The van der Waals surface area contributed by atoms with Gasteiger partial charge in [0, 0.05) is 18.7 Å². The lowest BCUT2D eigenvalue weighted by Gasteiger charge is -2.10. The summed E-state index contributed by atoms with van der Waals surface area (Å²) < 4.78 is 0. The Kier molecular flexibility index (Phi) is 5.72. The molecular formula is C15H22N2. The summed E-state index contributed by atoms with van der Waals surface area (Å²) in [5.41, 5.74) is 4.07. The summed E-state index contributed by atoms with van der Waals surface area (Å²) in [4.78, 5) is 5.80. The molecule has 0 saturated heterocycles. The Labute approximate surface area is 105 Å². The van der Waals surface area contributed by atoms with Crippen LogP contribution in [0, 0.1) is 6.57 Å². The van der Waals surface area contributed by atoms with E-state index in [1.165, 1.54) is 11.1 Å². The third-order valence-electron chi connectivity index (χ3n) is 3.06. The number of hydrogen-bond donors (Lipinski definition) is 0. The molecule has 1 heterocycles. The topological polar surface area (TPSA) is 7.60 Å². The average Bonchev–Trinajstić information content (AvgIpc) is 2.55. The van der Waals surface area contributed by atoms with Crippen molar-refractivity contribution in [2.45, 2.75) is 33.2 Å². The highest BCUT2D eigenvalue weighted by Crippen LogP contribution is 2.17. The fourth-order valence-corrected chi connectivity index (χ4v) is 2.08. The van der Waals surface area contributed by atoms with Crippen molar-refractivity contribution in [3.63, 3.8) is 0 Å². The number of nitrogens with zero attached hydrogens (tertiary/aromatic N) is 2. The van der Waals surface area contributed by atoms with E-state index in [0.717, 1.165) is 31.5 Å². The van der Waals surface area contributed by atoms with E-state index in [1.54, 1.807) is 0 Å². The zero-order valence-corrected chi connectivity index (χ0v) is 11.2. The SMILES string of the molecule is CC.[C-]#[N+]Cc1ccc2c(c1)CCN(C)CC2. The maximum absolute atomic E-state index is 6.87. The summed E-state index contributed by atoms with van der Waals surface area (Å²) in [6.07, 6.45) is 2.27. The summed E-state index contributed by atoms with van der Waals surface area (Å²) in [5, 5.41) is 0. The third kappa shape index (κ3) is 3.87. The van der Waals surface area contributed by atoms with Gasteiger partial charge in [-0.05, 0) is 37.1 Å². The minimum atomic E-state index is 0.517. The lowest BCUT2D eigenvalue weighted by atomic mass is 10.0. The first kappa shape index (κ1) is 13.7. The van der Waals surface area contributed by atoms with Crippen molar-refractivity contribution >= 4 is 0 Å². The Bertz CT molecular complexity index is 390. The minimum absolute atomic E-state index is 0.517. The van der Waals surface area contributed by atoms with E-state index in [1.807, 2.05) is 13.8 Å². The van der Waals surface area contributed by atoms with Crippen LogP contribution in [0.4, 0.5) is 0 Å². The summed E-state index contributed by atoms with van der Waals surface area (Å²) >= 11 is 0. The quantitative estimate of drug-likeness (QED) is 0.672. The van der Waals surface area contributed by atoms with Crippen molar-refractivity contribution in [3.8, 4) is 0 Å². The Hall–Kier alpha value is -1.33. The van der Waals surface area contributed by atoms with E-state index < -0.39 is 0 Å². The molecule has 92 valence electrons. The predicted molar refractivity (Wildman–Crippen MR) is 73.0 cm³/mol. The second kappa shape index (κ2) is 7.09. The van der Waals surface area contributed by atoms with Crippen LogP contribution in [-0.4, -0.2) is 25.0 Å². The first-order chi connectivity index (χ1) is 8.29. The lowest BCUT2D eigenvalue weighted by molar-refractivity contribution is 0.352. The molecule has 0 bridgehead atoms. The highest BCUT2D eigenvalue weighted by molar-refractivity contribution is 5.33. The molecule has 1 aliphatic heterocycles. The van der Waals surface area contributed by atoms with E-state index in [9.17, 15) is 0 Å². The van der Waals surface area contributed by atoms with Crippen LogP contribution in [0.5, 0.6) is 0 Å². The predicted octanol–water partition coefficient (Wildman–Crippen LogP) is 3.16. The third-order valence-corrected chi connectivity index (χ3v) is 3.06. The van der Waals surface area contributed by atoms with Gasteiger partial charge in [-0.2, -0.15) is 0 Å². The number of rotatable bonds is 1. The van der Waals surface area contributed by atoms with Crippen molar-refractivity contribution in [2.75, 3.05) is 20.1 Å². The number of fused-ring (bicyclic) bond motifs is 1. The van der Waals surface area contributed by atoms with Crippen molar-refractivity contribution in [1.29, 1.82) is 0 Å². The normalized spacial score (nSPS) is 14.9. The molecule has 0 unspecified atom stereocenters. The van der Waals surface area contributed by atoms with Gasteiger partial charge in [0.15, 0.2) is 0 Å². The van der Waals surface area contributed by atoms with E-state index in [2.05, 4.69) is 35.0 Å². The molecule has 0 N–H and O–H groups in total.